The second kappa shape index (κ2) is 13.9. The van der Waals surface area contributed by atoms with Gasteiger partial charge in [0.25, 0.3) is 0 Å². The molecular weight excluding hydrogens is 517 g/mol. The van der Waals surface area contributed by atoms with Crippen molar-refractivity contribution in [1.29, 1.82) is 0 Å². The number of aromatic nitrogens is 1. The normalized spacial score (nSPS) is 17.6. The highest BCUT2D eigenvalue weighted by Crippen LogP contribution is 2.48. The molecule has 0 aliphatic carbocycles. The molecule has 0 radical (unpaired) electrons. The molecule has 1 aromatic carbocycles. The molecule has 35 heavy (non-hydrogen) atoms. The zero-order chi connectivity index (χ0) is 24.5. The molecule has 9 heteroatoms. The third-order valence-electron chi connectivity index (χ3n) is 5.92. The number of nitrogens with one attached hydrogen (secondary N) is 1. The summed E-state index contributed by atoms with van der Waals surface area (Å²) in [4.78, 5) is 12.3. The van der Waals surface area contributed by atoms with E-state index >= 15 is 0 Å². The SMILES string of the molecule is COc1cc(/C=C/C(=O)NCCCCn2c(C3SCCCS3)ccc2C2SCCCS2)ccc1O. The predicted octanol–water partition coefficient (Wildman–Crippen LogP) is 6.55. The van der Waals surface area contributed by atoms with E-state index in [0.29, 0.717) is 21.5 Å². The molecule has 2 aliphatic heterocycles. The van der Waals surface area contributed by atoms with Crippen molar-refractivity contribution in [1.82, 2.24) is 9.88 Å². The molecule has 5 nitrogen and oxygen atoms in total. The largest absolute Gasteiger partial charge is 0.504 e. The number of rotatable bonds is 10. The molecule has 190 valence electrons. The summed E-state index contributed by atoms with van der Waals surface area (Å²) >= 11 is 8.35. The van der Waals surface area contributed by atoms with Gasteiger partial charge in [-0.3, -0.25) is 4.79 Å². The Balaban J connectivity index is 1.28. The van der Waals surface area contributed by atoms with Crippen LogP contribution in [0.4, 0.5) is 0 Å². The molecule has 0 atom stereocenters. The summed E-state index contributed by atoms with van der Waals surface area (Å²) < 4.78 is 8.79. The van der Waals surface area contributed by atoms with Crippen molar-refractivity contribution in [3.8, 4) is 11.5 Å². The van der Waals surface area contributed by atoms with E-state index in [1.54, 1.807) is 24.3 Å². The summed E-state index contributed by atoms with van der Waals surface area (Å²) in [5.41, 5.74) is 3.75. The monoisotopic (exact) mass is 550 g/mol. The van der Waals surface area contributed by atoms with Gasteiger partial charge in [-0.05, 0) is 84.6 Å². The molecule has 2 saturated heterocycles. The standard InChI is InChI=1S/C26H34N2O3S4/c1-31-23-18-19(6-10-22(23)29)7-11-24(30)27-12-2-3-13-28-20(25-32-14-4-15-33-25)8-9-21(28)26-34-16-5-17-35-26/h6-11,18,25-26,29H,2-5,12-17H2,1H3,(H,27,30)/b11-7+. The van der Waals surface area contributed by atoms with Crippen molar-refractivity contribution in [3.63, 3.8) is 0 Å². The van der Waals surface area contributed by atoms with Crippen LogP contribution < -0.4 is 10.1 Å². The molecule has 0 saturated carbocycles. The van der Waals surface area contributed by atoms with Crippen molar-refractivity contribution in [2.75, 3.05) is 36.7 Å². The number of thioether (sulfide) groups is 4. The minimum Gasteiger partial charge on any atom is -0.504 e. The number of aromatic hydroxyl groups is 1. The van der Waals surface area contributed by atoms with Crippen LogP contribution in [0.15, 0.2) is 36.4 Å². The van der Waals surface area contributed by atoms with Gasteiger partial charge >= 0.3 is 0 Å². The highest BCUT2D eigenvalue weighted by atomic mass is 32.2. The van der Waals surface area contributed by atoms with Crippen molar-refractivity contribution < 1.29 is 14.6 Å². The summed E-state index contributed by atoms with van der Waals surface area (Å²) in [6.45, 7) is 1.67. The first kappa shape index (κ1) is 26.8. The number of carbonyl (C=O) groups is 1. The zero-order valence-electron chi connectivity index (χ0n) is 20.1. The molecular formula is C26H34N2O3S4. The van der Waals surface area contributed by atoms with Crippen LogP contribution in [0.25, 0.3) is 6.08 Å². The van der Waals surface area contributed by atoms with E-state index in [1.165, 1.54) is 60.4 Å². The Kier molecular flexibility index (Phi) is 10.6. The Labute approximate surface area is 225 Å². The van der Waals surface area contributed by atoms with Gasteiger partial charge in [0.05, 0.1) is 16.3 Å². The number of benzene rings is 1. The van der Waals surface area contributed by atoms with E-state index in [0.717, 1.165) is 24.9 Å². The van der Waals surface area contributed by atoms with E-state index < -0.39 is 0 Å². The maximum atomic E-state index is 12.3. The third-order valence-corrected chi connectivity index (χ3v) is 11.8. The lowest BCUT2D eigenvalue weighted by molar-refractivity contribution is -0.116. The van der Waals surface area contributed by atoms with Gasteiger partial charge in [-0.2, -0.15) is 0 Å². The van der Waals surface area contributed by atoms with Gasteiger partial charge in [-0.15, -0.1) is 47.0 Å². The Morgan fingerprint density at radius 3 is 2.26 bits per heavy atom. The Hall–Kier alpha value is -1.29. The Bertz CT molecular complexity index is 963. The average Bonchev–Trinajstić information content (AvgIpc) is 3.33. The molecule has 1 amide bonds. The fourth-order valence-corrected chi connectivity index (χ4v) is 10.0. The van der Waals surface area contributed by atoms with Crippen molar-refractivity contribution in [2.24, 2.45) is 0 Å². The quantitative estimate of drug-likeness (QED) is 0.257. The number of hydrogen-bond donors (Lipinski definition) is 2. The number of ether oxygens (including phenoxy) is 1. The first-order chi connectivity index (χ1) is 17.2. The second-order valence-electron chi connectivity index (χ2n) is 8.45. The molecule has 2 aromatic rings. The lowest BCUT2D eigenvalue weighted by Gasteiger charge is -2.27. The summed E-state index contributed by atoms with van der Waals surface area (Å²) in [6.07, 6.45) is 7.86. The van der Waals surface area contributed by atoms with Crippen LogP contribution in [-0.4, -0.2) is 52.2 Å². The van der Waals surface area contributed by atoms with Crippen molar-refractivity contribution >= 4 is 59.0 Å². The second-order valence-corrected chi connectivity index (χ2v) is 13.9. The minimum absolute atomic E-state index is 0.0875. The third kappa shape index (κ3) is 7.60. The summed E-state index contributed by atoms with van der Waals surface area (Å²) in [6, 6.07) is 9.75. The van der Waals surface area contributed by atoms with Gasteiger partial charge in [0, 0.05) is 30.6 Å². The van der Waals surface area contributed by atoms with Gasteiger partial charge in [0.1, 0.15) is 0 Å². The first-order valence-electron chi connectivity index (χ1n) is 12.1. The maximum Gasteiger partial charge on any atom is 0.243 e. The van der Waals surface area contributed by atoms with Crippen LogP contribution in [0, 0.1) is 0 Å². The molecule has 4 rings (SSSR count). The zero-order valence-corrected chi connectivity index (χ0v) is 23.4. The van der Waals surface area contributed by atoms with E-state index in [-0.39, 0.29) is 11.7 Å². The lowest BCUT2D eigenvalue weighted by atomic mass is 10.2. The first-order valence-corrected chi connectivity index (χ1v) is 16.3. The molecule has 2 aliphatic rings. The number of methoxy groups -OCH3 is 1. The summed E-state index contributed by atoms with van der Waals surface area (Å²) in [5.74, 6) is 5.38. The highest BCUT2D eigenvalue weighted by molar-refractivity contribution is 8.17. The predicted molar refractivity (Wildman–Crippen MR) is 155 cm³/mol. The maximum absolute atomic E-state index is 12.3. The van der Waals surface area contributed by atoms with E-state index in [9.17, 15) is 9.90 Å². The molecule has 1 aromatic heterocycles. The van der Waals surface area contributed by atoms with Gasteiger partial charge < -0.3 is 19.7 Å². The fourth-order valence-electron chi connectivity index (χ4n) is 4.12. The number of nitrogens with zero attached hydrogens (tertiary/aromatic N) is 1. The van der Waals surface area contributed by atoms with Crippen LogP contribution >= 0.6 is 47.0 Å². The number of hydrogen-bond acceptors (Lipinski definition) is 7. The number of amides is 1. The van der Waals surface area contributed by atoms with Crippen molar-refractivity contribution in [2.45, 2.75) is 41.4 Å². The van der Waals surface area contributed by atoms with Gasteiger partial charge in [-0.1, -0.05) is 6.07 Å². The molecule has 2 N–H and O–H groups in total. The van der Waals surface area contributed by atoms with Crippen LogP contribution in [0.1, 0.15) is 51.8 Å². The summed E-state index contributed by atoms with van der Waals surface area (Å²) in [7, 11) is 1.51. The van der Waals surface area contributed by atoms with Gasteiger partial charge in [0.15, 0.2) is 11.5 Å². The van der Waals surface area contributed by atoms with Gasteiger partial charge in [0.2, 0.25) is 5.91 Å². The number of phenolic OH excluding ortho intramolecular Hbond substituents is 1. The molecule has 0 spiro atoms. The molecule has 0 bridgehead atoms. The topological polar surface area (TPSA) is 63.5 Å². The Morgan fingerprint density at radius 1 is 1.03 bits per heavy atom. The van der Waals surface area contributed by atoms with Gasteiger partial charge in [-0.25, -0.2) is 0 Å². The fraction of sp³-hybridized carbons (Fsp3) is 0.500. The minimum atomic E-state index is -0.107. The molecule has 2 fully saturated rings. The van der Waals surface area contributed by atoms with Crippen LogP contribution in [0.3, 0.4) is 0 Å². The highest BCUT2D eigenvalue weighted by Gasteiger charge is 2.26. The Morgan fingerprint density at radius 2 is 1.66 bits per heavy atom. The number of phenols is 1. The van der Waals surface area contributed by atoms with Crippen molar-refractivity contribution in [3.05, 3.63) is 53.4 Å². The summed E-state index contributed by atoms with van der Waals surface area (Å²) in [5, 5.41) is 12.7. The number of carbonyl (C=O) groups excluding carboxylic acids is 1. The molecule has 3 heterocycles. The number of unbranched alkanes of at least 4 members (excludes halogenated alkanes) is 1. The van der Waals surface area contributed by atoms with Crippen LogP contribution in [0.5, 0.6) is 11.5 Å². The van der Waals surface area contributed by atoms with Crippen LogP contribution in [0.2, 0.25) is 0 Å². The van der Waals surface area contributed by atoms with E-state index in [1.807, 2.05) is 0 Å². The smallest absolute Gasteiger partial charge is 0.243 e. The van der Waals surface area contributed by atoms with E-state index in [4.69, 9.17) is 4.74 Å². The van der Waals surface area contributed by atoms with Crippen LogP contribution in [-0.2, 0) is 11.3 Å². The molecule has 0 unspecified atom stereocenters. The lowest BCUT2D eigenvalue weighted by Crippen LogP contribution is -2.22. The van der Waals surface area contributed by atoms with E-state index in [2.05, 4.69) is 69.1 Å². The average molecular weight is 551 g/mol.